The van der Waals surface area contributed by atoms with Gasteiger partial charge in [-0.25, -0.2) is 0 Å². The number of rotatable bonds is 2. The first-order chi connectivity index (χ1) is 5.61. The molecule has 0 aliphatic carbocycles. The monoisotopic (exact) mass is 184 g/mol. The van der Waals surface area contributed by atoms with E-state index in [1.165, 1.54) is 0 Å². The Kier molecular flexibility index (Phi) is 2.71. The number of carboxylic acid groups (broad SMARTS) is 1. The average Bonchev–Trinajstić information content (AvgIpc) is 2.03. The molecule has 3 heteroatoms. The van der Waals surface area contributed by atoms with Gasteiger partial charge in [0, 0.05) is 5.02 Å². The maximum absolute atomic E-state index is 10.6. The Balaban J connectivity index is 2.95. The van der Waals surface area contributed by atoms with Crippen LogP contribution in [-0.4, -0.2) is 11.1 Å². The molecule has 1 N–H and O–H groups in total. The van der Waals surface area contributed by atoms with Crippen molar-refractivity contribution in [2.75, 3.05) is 0 Å². The van der Waals surface area contributed by atoms with Crippen LogP contribution in [0.1, 0.15) is 18.4 Å². The highest BCUT2D eigenvalue weighted by Crippen LogP contribution is 2.18. The van der Waals surface area contributed by atoms with Crippen LogP contribution in [0.5, 0.6) is 0 Å². The minimum atomic E-state index is -0.836. The molecular weight excluding hydrogens is 176 g/mol. The number of halogens is 1. The van der Waals surface area contributed by atoms with E-state index in [9.17, 15) is 4.79 Å². The third kappa shape index (κ3) is 1.98. The van der Waals surface area contributed by atoms with Crippen LogP contribution < -0.4 is 0 Å². The molecule has 0 aromatic heterocycles. The molecule has 1 aromatic carbocycles. The molecule has 0 saturated heterocycles. The van der Waals surface area contributed by atoms with E-state index in [2.05, 4.69) is 0 Å². The first kappa shape index (κ1) is 9.07. The standard InChI is InChI=1S/C9H9ClO2/c1-6(9(11)12)7-3-2-4-8(10)5-7/h2-6H,1H3,(H,11,12). The van der Waals surface area contributed by atoms with Crippen molar-refractivity contribution in [3.05, 3.63) is 34.9 Å². The molecule has 0 saturated carbocycles. The predicted molar refractivity (Wildman–Crippen MR) is 47.5 cm³/mol. The van der Waals surface area contributed by atoms with Gasteiger partial charge in [-0.2, -0.15) is 0 Å². The summed E-state index contributed by atoms with van der Waals surface area (Å²) in [6.07, 6.45) is 0. The molecule has 0 fully saturated rings. The highest BCUT2D eigenvalue weighted by molar-refractivity contribution is 6.30. The third-order valence-corrected chi connectivity index (χ3v) is 1.95. The van der Waals surface area contributed by atoms with Crippen LogP contribution in [-0.2, 0) is 4.79 Å². The van der Waals surface area contributed by atoms with Crippen LogP contribution in [0.2, 0.25) is 5.02 Å². The number of carboxylic acids is 1. The fraction of sp³-hybridized carbons (Fsp3) is 0.222. The smallest absolute Gasteiger partial charge is 0.310 e. The summed E-state index contributed by atoms with van der Waals surface area (Å²) in [5.41, 5.74) is 0.731. The summed E-state index contributed by atoms with van der Waals surface area (Å²) >= 11 is 5.70. The summed E-state index contributed by atoms with van der Waals surface area (Å²) in [5, 5.41) is 9.25. The molecule has 1 unspecified atom stereocenters. The summed E-state index contributed by atoms with van der Waals surface area (Å²) in [6.45, 7) is 1.63. The zero-order valence-electron chi connectivity index (χ0n) is 6.62. The summed E-state index contributed by atoms with van der Waals surface area (Å²) in [5.74, 6) is -1.33. The molecule has 1 rings (SSSR count). The van der Waals surface area contributed by atoms with Crippen molar-refractivity contribution in [2.24, 2.45) is 0 Å². The molecule has 0 amide bonds. The van der Waals surface area contributed by atoms with Gasteiger partial charge in [-0.3, -0.25) is 4.79 Å². The first-order valence-corrected chi connectivity index (χ1v) is 3.97. The Morgan fingerprint density at radius 2 is 2.25 bits per heavy atom. The van der Waals surface area contributed by atoms with Gasteiger partial charge in [0.1, 0.15) is 0 Å². The number of benzene rings is 1. The minimum absolute atomic E-state index is 0.497. The molecular formula is C9H9ClO2. The van der Waals surface area contributed by atoms with Crippen molar-refractivity contribution in [2.45, 2.75) is 12.8 Å². The molecule has 0 bridgehead atoms. The average molecular weight is 185 g/mol. The largest absolute Gasteiger partial charge is 0.481 e. The molecule has 0 aliphatic rings. The van der Waals surface area contributed by atoms with E-state index in [-0.39, 0.29) is 0 Å². The molecule has 12 heavy (non-hydrogen) atoms. The normalized spacial score (nSPS) is 12.5. The van der Waals surface area contributed by atoms with Gasteiger partial charge in [-0.15, -0.1) is 0 Å². The zero-order valence-corrected chi connectivity index (χ0v) is 7.38. The van der Waals surface area contributed by atoms with Crippen molar-refractivity contribution in [1.29, 1.82) is 0 Å². The van der Waals surface area contributed by atoms with E-state index in [1.54, 1.807) is 31.2 Å². The van der Waals surface area contributed by atoms with Crippen LogP contribution in [0.25, 0.3) is 0 Å². The summed E-state index contributed by atoms with van der Waals surface area (Å²) in [6, 6.07) is 6.89. The van der Waals surface area contributed by atoms with Crippen LogP contribution in [0, 0.1) is 0 Å². The second kappa shape index (κ2) is 3.59. The van der Waals surface area contributed by atoms with Gasteiger partial charge in [0.25, 0.3) is 0 Å². The Hall–Kier alpha value is -1.02. The quantitative estimate of drug-likeness (QED) is 0.767. The van der Waals surface area contributed by atoms with Crippen molar-refractivity contribution < 1.29 is 9.90 Å². The first-order valence-electron chi connectivity index (χ1n) is 3.59. The number of hydrogen-bond donors (Lipinski definition) is 1. The topological polar surface area (TPSA) is 37.3 Å². The van der Waals surface area contributed by atoms with Gasteiger partial charge in [0.15, 0.2) is 0 Å². The van der Waals surface area contributed by atoms with Crippen molar-refractivity contribution in [1.82, 2.24) is 0 Å². The van der Waals surface area contributed by atoms with E-state index in [0.29, 0.717) is 5.02 Å². The van der Waals surface area contributed by atoms with Gasteiger partial charge >= 0.3 is 5.97 Å². The van der Waals surface area contributed by atoms with Gasteiger partial charge in [-0.1, -0.05) is 23.7 Å². The van der Waals surface area contributed by atoms with Crippen LogP contribution in [0.3, 0.4) is 0 Å². The maximum atomic E-state index is 10.6. The Bertz CT molecular complexity index is 296. The minimum Gasteiger partial charge on any atom is -0.481 e. The van der Waals surface area contributed by atoms with Crippen molar-refractivity contribution >= 4 is 17.6 Å². The Morgan fingerprint density at radius 1 is 1.58 bits per heavy atom. The van der Waals surface area contributed by atoms with E-state index < -0.39 is 11.9 Å². The summed E-state index contributed by atoms with van der Waals surface area (Å²) in [4.78, 5) is 10.6. The Morgan fingerprint density at radius 3 is 2.75 bits per heavy atom. The number of carbonyl (C=O) groups is 1. The second-order valence-corrected chi connectivity index (χ2v) is 3.05. The SMILES string of the molecule is CC(C(=O)O)c1cccc(Cl)c1. The third-order valence-electron chi connectivity index (χ3n) is 1.72. The number of aliphatic carboxylic acids is 1. The molecule has 0 spiro atoms. The highest BCUT2D eigenvalue weighted by Gasteiger charge is 2.12. The summed E-state index contributed by atoms with van der Waals surface area (Å²) < 4.78 is 0. The lowest BCUT2D eigenvalue weighted by molar-refractivity contribution is -0.138. The predicted octanol–water partition coefficient (Wildman–Crippen LogP) is 2.53. The van der Waals surface area contributed by atoms with E-state index in [1.807, 2.05) is 0 Å². The van der Waals surface area contributed by atoms with Gasteiger partial charge in [0.2, 0.25) is 0 Å². The molecule has 1 atom stereocenters. The lowest BCUT2D eigenvalue weighted by atomic mass is 10.0. The van der Waals surface area contributed by atoms with E-state index in [4.69, 9.17) is 16.7 Å². The van der Waals surface area contributed by atoms with Crippen molar-refractivity contribution in [3.8, 4) is 0 Å². The maximum Gasteiger partial charge on any atom is 0.310 e. The lowest BCUT2D eigenvalue weighted by Crippen LogP contribution is -2.06. The van der Waals surface area contributed by atoms with Crippen LogP contribution in [0.15, 0.2) is 24.3 Å². The van der Waals surface area contributed by atoms with Crippen molar-refractivity contribution in [3.63, 3.8) is 0 Å². The zero-order chi connectivity index (χ0) is 9.14. The molecule has 0 radical (unpaired) electrons. The second-order valence-electron chi connectivity index (χ2n) is 2.61. The lowest BCUT2D eigenvalue weighted by Gasteiger charge is -2.05. The molecule has 64 valence electrons. The summed E-state index contributed by atoms with van der Waals surface area (Å²) in [7, 11) is 0. The Labute approximate surface area is 75.8 Å². The van der Waals surface area contributed by atoms with Crippen LogP contribution in [0.4, 0.5) is 0 Å². The fourth-order valence-electron chi connectivity index (χ4n) is 0.919. The van der Waals surface area contributed by atoms with Gasteiger partial charge < -0.3 is 5.11 Å². The van der Waals surface area contributed by atoms with E-state index in [0.717, 1.165) is 5.56 Å². The van der Waals surface area contributed by atoms with Crippen LogP contribution >= 0.6 is 11.6 Å². The molecule has 1 aromatic rings. The van der Waals surface area contributed by atoms with Gasteiger partial charge in [0.05, 0.1) is 5.92 Å². The van der Waals surface area contributed by atoms with E-state index >= 15 is 0 Å². The fourth-order valence-corrected chi connectivity index (χ4v) is 1.12. The molecule has 2 nitrogen and oxygen atoms in total. The highest BCUT2D eigenvalue weighted by atomic mass is 35.5. The molecule has 0 aliphatic heterocycles. The van der Waals surface area contributed by atoms with Gasteiger partial charge in [-0.05, 0) is 24.6 Å². The molecule has 0 heterocycles. The number of hydrogen-bond acceptors (Lipinski definition) is 1.